The monoisotopic (exact) mass is 470 g/mol. The van der Waals surface area contributed by atoms with Gasteiger partial charge in [0.2, 0.25) is 0 Å². The number of pyridine rings is 1. The molecule has 1 aliphatic heterocycles. The van der Waals surface area contributed by atoms with E-state index in [0.717, 1.165) is 84.8 Å². The number of nitrogens with zero attached hydrogens (tertiary/aromatic N) is 2. The van der Waals surface area contributed by atoms with Gasteiger partial charge in [-0.15, -0.1) is 11.3 Å². The standard InChI is InChI=1S/C23H29F3N2O3S/c24-23(25,26)19(29)13-14-1-6-18-20(14)21-17(7-8-27-22(21)32-18)31-16-4-2-15(3-5-16)28-9-11-30-12-10-28/h7-8,14-16,19,29H,1-6,9-13H2/t14-,15-,16-,19-/m1/s1. The van der Waals surface area contributed by atoms with Crippen LogP contribution in [-0.2, 0) is 11.2 Å². The minimum absolute atomic E-state index is 0.106. The molecule has 0 unspecified atom stereocenters. The summed E-state index contributed by atoms with van der Waals surface area (Å²) in [5, 5.41) is 10.5. The van der Waals surface area contributed by atoms with Crippen molar-refractivity contribution in [2.45, 2.75) is 75.3 Å². The number of ether oxygens (including phenoxy) is 2. The molecule has 3 aliphatic rings. The van der Waals surface area contributed by atoms with E-state index in [4.69, 9.17) is 9.47 Å². The maximum absolute atomic E-state index is 13.0. The van der Waals surface area contributed by atoms with Gasteiger partial charge in [-0.1, -0.05) is 0 Å². The molecule has 2 fully saturated rings. The highest BCUT2D eigenvalue weighted by molar-refractivity contribution is 7.19. The van der Waals surface area contributed by atoms with Gasteiger partial charge in [0.05, 0.1) is 24.7 Å². The lowest BCUT2D eigenvalue weighted by Crippen LogP contribution is -2.46. The molecule has 0 aromatic carbocycles. The Balaban J connectivity index is 1.31. The zero-order valence-corrected chi connectivity index (χ0v) is 18.8. The predicted molar refractivity (Wildman–Crippen MR) is 116 cm³/mol. The van der Waals surface area contributed by atoms with Crippen LogP contribution in [0.25, 0.3) is 10.2 Å². The number of aromatic nitrogens is 1. The molecular weight excluding hydrogens is 441 g/mol. The average Bonchev–Trinajstić information content (AvgIpc) is 3.34. The summed E-state index contributed by atoms with van der Waals surface area (Å²) in [6, 6.07) is 2.42. The SMILES string of the molecule is O[C@H](C[C@H]1CCc2sc3nccc(O[C@H]4CC[C@H](N5CCOCC5)CC4)c3c21)C(F)(F)F. The smallest absolute Gasteiger partial charge is 0.414 e. The Morgan fingerprint density at radius 2 is 1.94 bits per heavy atom. The van der Waals surface area contributed by atoms with E-state index in [1.54, 1.807) is 17.5 Å². The van der Waals surface area contributed by atoms with E-state index >= 15 is 0 Å². The quantitative estimate of drug-likeness (QED) is 0.689. The van der Waals surface area contributed by atoms with Crippen LogP contribution in [0.4, 0.5) is 13.2 Å². The van der Waals surface area contributed by atoms with E-state index < -0.39 is 12.3 Å². The lowest BCUT2D eigenvalue weighted by atomic mass is 9.91. The van der Waals surface area contributed by atoms with E-state index in [0.29, 0.717) is 12.5 Å². The van der Waals surface area contributed by atoms with Gasteiger partial charge in [0.1, 0.15) is 16.7 Å². The first-order chi connectivity index (χ1) is 15.4. The summed E-state index contributed by atoms with van der Waals surface area (Å²) in [5.41, 5.74) is 0.915. The molecule has 5 rings (SSSR count). The Bertz CT molecular complexity index is 936. The minimum atomic E-state index is -4.59. The van der Waals surface area contributed by atoms with Gasteiger partial charge < -0.3 is 14.6 Å². The first kappa shape index (κ1) is 22.4. The van der Waals surface area contributed by atoms with Crippen LogP contribution in [0.15, 0.2) is 12.3 Å². The van der Waals surface area contributed by atoms with Crippen LogP contribution in [-0.4, -0.2) is 65.7 Å². The van der Waals surface area contributed by atoms with Crippen molar-refractivity contribution in [1.82, 2.24) is 9.88 Å². The molecule has 176 valence electrons. The lowest BCUT2D eigenvalue weighted by Gasteiger charge is -2.38. The molecule has 1 saturated heterocycles. The third-order valence-corrected chi connectivity index (χ3v) is 8.35. The van der Waals surface area contributed by atoms with Gasteiger partial charge >= 0.3 is 6.18 Å². The van der Waals surface area contributed by atoms with Crippen molar-refractivity contribution in [1.29, 1.82) is 0 Å². The number of fused-ring (bicyclic) bond motifs is 3. The highest BCUT2D eigenvalue weighted by atomic mass is 32.1. The number of rotatable bonds is 5. The van der Waals surface area contributed by atoms with Crippen LogP contribution in [0.1, 0.15) is 54.9 Å². The van der Waals surface area contributed by atoms with Crippen LogP contribution >= 0.6 is 11.3 Å². The van der Waals surface area contributed by atoms with Crippen LogP contribution in [0.5, 0.6) is 5.75 Å². The number of aliphatic hydroxyl groups excluding tert-OH is 1. The number of morpholine rings is 1. The summed E-state index contributed by atoms with van der Waals surface area (Å²) >= 11 is 1.55. The molecule has 32 heavy (non-hydrogen) atoms. The molecule has 0 bridgehead atoms. The Hall–Kier alpha value is -1.42. The van der Waals surface area contributed by atoms with Gasteiger partial charge in [-0.05, 0) is 62.5 Å². The van der Waals surface area contributed by atoms with Crippen molar-refractivity contribution >= 4 is 21.6 Å². The van der Waals surface area contributed by atoms with Crippen molar-refractivity contribution in [3.63, 3.8) is 0 Å². The van der Waals surface area contributed by atoms with Gasteiger partial charge in [-0.2, -0.15) is 13.2 Å². The Kier molecular flexibility index (Phi) is 6.35. The van der Waals surface area contributed by atoms with E-state index in [9.17, 15) is 18.3 Å². The third kappa shape index (κ3) is 4.49. The number of aliphatic hydroxyl groups is 1. The van der Waals surface area contributed by atoms with Crippen LogP contribution < -0.4 is 4.74 Å². The zero-order valence-electron chi connectivity index (χ0n) is 17.9. The van der Waals surface area contributed by atoms with Gasteiger partial charge in [0, 0.05) is 30.2 Å². The fourth-order valence-corrected chi connectivity index (χ4v) is 6.78. The summed E-state index contributed by atoms with van der Waals surface area (Å²) in [6.45, 7) is 3.60. The second-order valence-corrected chi connectivity index (χ2v) is 10.2. The molecule has 2 atom stereocenters. The number of thiophene rings is 1. The number of hydrogen-bond acceptors (Lipinski definition) is 6. The Morgan fingerprint density at radius 1 is 1.19 bits per heavy atom. The summed E-state index contributed by atoms with van der Waals surface area (Å²) in [7, 11) is 0. The minimum Gasteiger partial charge on any atom is -0.490 e. The largest absolute Gasteiger partial charge is 0.490 e. The maximum atomic E-state index is 13.0. The lowest BCUT2D eigenvalue weighted by molar-refractivity contribution is -0.206. The van der Waals surface area contributed by atoms with E-state index in [-0.39, 0.29) is 18.4 Å². The molecule has 1 saturated carbocycles. The number of halogens is 3. The van der Waals surface area contributed by atoms with Crippen LogP contribution in [0.3, 0.4) is 0 Å². The van der Waals surface area contributed by atoms with Crippen molar-refractivity contribution < 1.29 is 27.8 Å². The summed E-state index contributed by atoms with van der Waals surface area (Å²) < 4.78 is 50.8. The van der Waals surface area contributed by atoms with Gasteiger partial charge in [0.15, 0.2) is 0 Å². The Morgan fingerprint density at radius 3 is 2.66 bits per heavy atom. The highest BCUT2D eigenvalue weighted by Gasteiger charge is 2.42. The van der Waals surface area contributed by atoms with Gasteiger partial charge in [-0.3, -0.25) is 4.90 Å². The molecule has 0 amide bonds. The molecule has 5 nitrogen and oxygen atoms in total. The van der Waals surface area contributed by atoms with E-state index in [1.807, 2.05) is 6.07 Å². The second-order valence-electron chi connectivity index (χ2n) is 9.15. The summed E-state index contributed by atoms with van der Waals surface area (Å²) in [6.07, 6.45) is 0.0949. The molecule has 3 heterocycles. The third-order valence-electron chi connectivity index (χ3n) is 7.18. The van der Waals surface area contributed by atoms with Gasteiger partial charge in [0.25, 0.3) is 0 Å². The van der Waals surface area contributed by atoms with E-state index in [1.165, 1.54) is 0 Å². The van der Waals surface area contributed by atoms with Gasteiger partial charge in [-0.25, -0.2) is 4.98 Å². The summed E-state index contributed by atoms with van der Waals surface area (Å²) in [4.78, 5) is 8.89. The van der Waals surface area contributed by atoms with Crippen LogP contribution in [0, 0.1) is 0 Å². The van der Waals surface area contributed by atoms with E-state index in [2.05, 4.69) is 9.88 Å². The molecule has 2 aromatic rings. The fraction of sp³-hybridized carbons (Fsp3) is 0.696. The van der Waals surface area contributed by atoms with Crippen LogP contribution in [0.2, 0.25) is 0 Å². The fourth-order valence-electron chi connectivity index (χ4n) is 5.52. The number of alkyl halides is 3. The molecule has 1 N–H and O–H groups in total. The molecule has 2 aromatic heterocycles. The van der Waals surface area contributed by atoms with Crippen molar-refractivity contribution in [2.24, 2.45) is 0 Å². The van der Waals surface area contributed by atoms with Crippen molar-refractivity contribution in [2.75, 3.05) is 26.3 Å². The normalized spacial score (nSPS) is 28.1. The molecule has 2 aliphatic carbocycles. The highest BCUT2D eigenvalue weighted by Crippen LogP contribution is 2.49. The summed E-state index contributed by atoms with van der Waals surface area (Å²) in [5.74, 6) is 0.412. The zero-order chi connectivity index (χ0) is 22.3. The second kappa shape index (κ2) is 9.08. The number of hydrogen-bond donors (Lipinski definition) is 1. The first-order valence-electron chi connectivity index (χ1n) is 11.5. The Labute approximate surface area is 189 Å². The average molecular weight is 471 g/mol. The van der Waals surface area contributed by atoms with Crippen molar-refractivity contribution in [3.05, 3.63) is 22.7 Å². The number of aryl methyl sites for hydroxylation is 1. The first-order valence-corrected chi connectivity index (χ1v) is 12.4. The topological polar surface area (TPSA) is 54.8 Å². The maximum Gasteiger partial charge on any atom is 0.414 e. The molecule has 0 spiro atoms. The molecule has 9 heteroatoms. The molecule has 0 radical (unpaired) electrons. The van der Waals surface area contributed by atoms with Crippen molar-refractivity contribution in [3.8, 4) is 5.75 Å². The predicted octanol–water partition coefficient (Wildman–Crippen LogP) is 4.66. The molecular formula is C23H29F3N2O3S.